The largest absolute Gasteiger partial charge is 0.507 e. The van der Waals surface area contributed by atoms with E-state index in [0.717, 1.165) is 0 Å². The van der Waals surface area contributed by atoms with Gasteiger partial charge in [-0.25, -0.2) is 0 Å². The van der Waals surface area contributed by atoms with Gasteiger partial charge in [0.2, 0.25) is 5.78 Å². The second-order valence-electron chi connectivity index (χ2n) is 11.3. The van der Waals surface area contributed by atoms with Crippen LogP contribution in [0.15, 0.2) is 18.2 Å². The average molecular weight is 541 g/mol. The summed E-state index contributed by atoms with van der Waals surface area (Å²) in [6, 6.07) is 4.53. The Balaban J connectivity index is 1.68. The molecule has 10 nitrogen and oxygen atoms in total. The molecule has 39 heavy (non-hydrogen) atoms. The van der Waals surface area contributed by atoms with E-state index in [9.17, 15) is 34.8 Å². The smallest absolute Gasteiger partial charge is 0.202 e. The van der Waals surface area contributed by atoms with E-state index in [4.69, 9.17) is 14.2 Å². The monoisotopic (exact) mass is 540 g/mol. The molecule has 1 aliphatic heterocycles. The van der Waals surface area contributed by atoms with Crippen molar-refractivity contribution >= 4 is 17.3 Å². The van der Waals surface area contributed by atoms with E-state index >= 15 is 0 Å². The molecule has 4 N–H and O–H groups in total. The van der Waals surface area contributed by atoms with Gasteiger partial charge in [0, 0.05) is 28.5 Å². The number of hydrogen-bond donors (Lipinski definition) is 4. The summed E-state index contributed by atoms with van der Waals surface area (Å²) in [5, 5.41) is 44.0. The van der Waals surface area contributed by atoms with Crippen molar-refractivity contribution in [3.05, 3.63) is 51.6 Å². The first-order valence-corrected chi connectivity index (χ1v) is 12.8. The highest BCUT2D eigenvalue weighted by atomic mass is 16.7. The first-order valence-electron chi connectivity index (χ1n) is 12.8. The molecule has 2 aromatic rings. The Hall–Kier alpha value is -3.31. The summed E-state index contributed by atoms with van der Waals surface area (Å²) in [7, 11) is 1.36. The highest BCUT2D eigenvalue weighted by Crippen LogP contribution is 2.54. The van der Waals surface area contributed by atoms with Gasteiger partial charge in [0.25, 0.3) is 0 Å². The van der Waals surface area contributed by atoms with Gasteiger partial charge in [-0.3, -0.25) is 14.4 Å². The number of aliphatic hydroxyl groups excluding tert-OH is 1. The maximum atomic E-state index is 13.7. The summed E-state index contributed by atoms with van der Waals surface area (Å²) in [5.41, 5.74) is -3.07. The molecule has 3 aliphatic rings. The van der Waals surface area contributed by atoms with Crippen molar-refractivity contribution in [3.8, 4) is 17.2 Å². The van der Waals surface area contributed by atoms with Crippen LogP contribution in [0.3, 0.4) is 0 Å². The minimum Gasteiger partial charge on any atom is -0.507 e. The molecule has 0 spiro atoms. The van der Waals surface area contributed by atoms with Gasteiger partial charge < -0.3 is 34.6 Å². The van der Waals surface area contributed by atoms with Crippen LogP contribution in [0.5, 0.6) is 17.2 Å². The van der Waals surface area contributed by atoms with Crippen LogP contribution in [0, 0.1) is 5.41 Å². The van der Waals surface area contributed by atoms with Gasteiger partial charge in [-0.2, -0.15) is 0 Å². The lowest BCUT2D eigenvalue weighted by Crippen LogP contribution is -2.55. The van der Waals surface area contributed by atoms with Crippen molar-refractivity contribution in [2.45, 2.75) is 77.2 Å². The predicted molar refractivity (Wildman–Crippen MR) is 136 cm³/mol. The molecule has 6 atom stereocenters. The Morgan fingerprint density at radius 3 is 2.33 bits per heavy atom. The van der Waals surface area contributed by atoms with E-state index < -0.39 is 58.7 Å². The Morgan fingerprint density at radius 2 is 1.72 bits per heavy atom. The van der Waals surface area contributed by atoms with Crippen LogP contribution < -0.4 is 4.74 Å². The maximum absolute atomic E-state index is 13.7. The number of rotatable bonds is 4. The molecular weight excluding hydrogens is 508 g/mol. The molecule has 0 radical (unpaired) electrons. The Morgan fingerprint density at radius 1 is 1.05 bits per heavy atom. The average Bonchev–Trinajstić information content (AvgIpc) is 2.86. The number of ketones is 3. The number of carbonyl (C=O) groups excluding carboxylic acids is 3. The summed E-state index contributed by atoms with van der Waals surface area (Å²) >= 11 is 0. The SMILES string of the molecule is COc1cccc2c1C(=O)c1c(O)c3c(c(O)c1C2=O)C[C@@](C)(C(C)=O)C[C@@H]3OC1CC(C)(O)C(O)C(C)O1. The van der Waals surface area contributed by atoms with Crippen molar-refractivity contribution in [2.75, 3.05) is 7.11 Å². The molecule has 4 unspecified atom stereocenters. The van der Waals surface area contributed by atoms with Crippen LogP contribution in [0.1, 0.15) is 89.6 Å². The second-order valence-corrected chi connectivity index (χ2v) is 11.3. The zero-order valence-electron chi connectivity index (χ0n) is 22.4. The van der Waals surface area contributed by atoms with Crippen LogP contribution in [0.4, 0.5) is 0 Å². The van der Waals surface area contributed by atoms with E-state index in [1.807, 2.05) is 0 Å². The third-order valence-electron chi connectivity index (χ3n) is 8.48. The number of hydrogen-bond acceptors (Lipinski definition) is 10. The minimum absolute atomic E-state index is 0.00497. The molecule has 10 heteroatoms. The van der Waals surface area contributed by atoms with Crippen LogP contribution in [-0.2, 0) is 20.7 Å². The van der Waals surface area contributed by atoms with Crippen LogP contribution in [0.2, 0.25) is 0 Å². The fourth-order valence-corrected chi connectivity index (χ4v) is 6.09. The van der Waals surface area contributed by atoms with E-state index in [1.54, 1.807) is 19.9 Å². The summed E-state index contributed by atoms with van der Waals surface area (Å²) < 4.78 is 17.3. The summed E-state index contributed by atoms with van der Waals surface area (Å²) in [5.74, 6) is -2.42. The Bertz CT molecular complexity index is 1410. The molecule has 0 amide bonds. The predicted octanol–water partition coefficient (Wildman–Crippen LogP) is 2.73. The zero-order valence-corrected chi connectivity index (χ0v) is 22.4. The number of aromatic hydroxyl groups is 2. The van der Waals surface area contributed by atoms with Gasteiger partial charge in [-0.05, 0) is 39.7 Å². The van der Waals surface area contributed by atoms with Gasteiger partial charge in [0.1, 0.15) is 29.1 Å². The maximum Gasteiger partial charge on any atom is 0.202 e. The standard InChI is InChI=1S/C29H32O10/c1-12-27(35)29(4,36)11-18(38-12)39-17-10-28(3,13(2)30)9-15-20(17)26(34)22-21(24(15)32)23(31)14-7-6-8-16(37-5)19(14)25(22)33/h6-8,12,17-18,27,32,34-36H,9-11H2,1-5H3/t12?,17-,18?,27?,28+,29?/m0/s1. The Kier molecular flexibility index (Phi) is 6.38. The van der Waals surface area contributed by atoms with Gasteiger partial charge in [0.05, 0.1) is 41.6 Å². The lowest BCUT2D eigenvalue weighted by atomic mass is 9.67. The molecule has 2 aliphatic carbocycles. The minimum atomic E-state index is -1.54. The van der Waals surface area contributed by atoms with E-state index in [1.165, 1.54) is 33.1 Å². The van der Waals surface area contributed by atoms with Crippen molar-refractivity contribution in [1.29, 1.82) is 0 Å². The van der Waals surface area contributed by atoms with Crippen molar-refractivity contribution in [1.82, 2.24) is 0 Å². The normalized spacial score (nSPS) is 31.8. The number of phenols is 2. The quantitative estimate of drug-likeness (QED) is 0.362. The third kappa shape index (κ3) is 4.05. The van der Waals surface area contributed by atoms with Crippen molar-refractivity contribution < 1.29 is 49.0 Å². The summed E-state index contributed by atoms with van der Waals surface area (Å²) in [6.07, 6.45) is -4.08. The van der Waals surface area contributed by atoms with Gasteiger partial charge in [0.15, 0.2) is 12.1 Å². The number of benzene rings is 2. The van der Waals surface area contributed by atoms with Crippen LogP contribution in [0.25, 0.3) is 0 Å². The first-order chi connectivity index (χ1) is 18.2. The summed E-state index contributed by atoms with van der Waals surface area (Å²) in [6.45, 7) is 6.14. The molecule has 0 bridgehead atoms. The fraction of sp³-hybridized carbons (Fsp3) is 0.483. The first kappa shape index (κ1) is 27.3. The van der Waals surface area contributed by atoms with Crippen LogP contribution in [-0.4, -0.2) is 69.0 Å². The molecule has 0 saturated carbocycles. The zero-order chi connectivity index (χ0) is 28.6. The van der Waals surface area contributed by atoms with E-state index in [0.29, 0.717) is 0 Å². The Labute approximate surface area is 225 Å². The van der Waals surface area contributed by atoms with Gasteiger partial charge in [-0.1, -0.05) is 19.1 Å². The number of fused-ring (bicyclic) bond motifs is 3. The number of phenolic OH excluding ortho intramolecular Hbond substituents is 2. The lowest BCUT2D eigenvalue weighted by Gasteiger charge is -2.45. The second kappa shape index (κ2) is 9.12. The third-order valence-corrected chi connectivity index (χ3v) is 8.48. The van der Waals surface area contributed by atoms with Crippen LogP contribution >= 0.6 is 0 Å². The van der Waals surface area contributed by atoms with Crippen molar-refractivity contribution in [2.24, 2.45) is 5.41 Å². The molecule has 1 heterocycles. The lowest BCUT2D eigenvalue weighted by molar-refractivity contribution is -0.286. The summed E-state index contributed by atoms with van der Waals surface area (Å²) in [4.78, 5) is 40.0. The molecule has 208 valence electrons. The topological polar surface area (TPSA) is 160 Å². The van der Waals surface area contributed by atoms with Gasteiger partial charge in [-0.15, -0.1) is 0 Å². The molecule has 1 fully saturated rings. The molecular formula is C29H32O10. The number of carbonyl (C=O) groups is 3. The molecule has 1 saturated heterocycles. The molecule has 0 aromatic heterocycles. The van der Waals surface area contributed by atoms with E-state index in [-0.39, 0.29) is 64.2 Å². The number of methoxy groups -OCH3 is 1. The highest BCUT2D eigenvalue weighted by Gasteiger charge is 2.49. The highest BCUT2D eigenvalue weighted by molar-refractivity contribution is 6.31. The van der Waals surface area contributed by atoms with Gasteiger partial charge >= 0.3 is 0 Å². The number of ether oxygens (including phenoxy) is 3. The van der Waals surface area contributed by atoms with Crippen molar-refractivity contribution in [3.63, 3.8) is 0 Å². The number of Topliss-reactive ketones (excluding diaryl/α,β-unsaturated/α-hetero) is 1. The fourth-order valence-electron chi connectivity index (χ4n) is 6.09. The molecule has 2 aromatic carbocycles. The number of aliphatic hydroxyl groups is 2. The van der Waals surface area contributed by atoms with E-state index in [2.05, 4.69) is 0 Å². The molecule has 5 rings (SSSR count).